The second kappa shape index (κ2) is 8.33. The van der Waals surface area contributed by atoms with Crippen molar-refractivity contribution in [1.29, 1.82) is 0 Å². The fourth-order valence-electron chi connectivity index (χ4n) is 3.55. The van der Waals surface area contributed by atoms with Crippen LogP contribution in [0.1, 0.15) is 36.8 Å². The first kappa shape index (κ1) is 19.1. The Morgan fingerprint density at radius 1 is 0.889 bits per heavy atom. The molecule has 2 N–H and O–H groups in total. The number of aryl methyl sites for hydroxylation is 1. The zero-order chi connectivity index (χ0) is 19.4. The minimum absolute atomic E-state index is 0.0210. The molecule has 0 saturated heterocycles. The molecule has 0 radical (unpaired) electrons. The fraction of sp³-hybridized carbons (Fsp3) is 0.364. The number of halogens is 1. The van der Waals surface area contributed by atoms with Gasteiger partial charge in [-0.1, -0.05) is 18.2 Å². The molecule has 0 atom stereocenters. The van der Waals surface area contributed by atoms with Gasteiger partial charge in [0.05, 0.1) is 0 Å². The monoisotopic (exact) mass is 368 g/mol. The van der Waals surface area contributed by atoms with Crippen LogP contribution in [0.25, 0.3) is 0 Å². The maximum Gasteiger partial charge on any atom is 0.227 e. The summed E-state index contributed by atoms with van der Waals surface area (Å²) in [5, 5.41) is 5.80. The number of nitrogens with one attached hydrogen (secondary N) is 2. The van der Waals surface area contributed by atoms with Gasteiger partial charge in [0.25, 0.3) is 0 Å². The summed E-state index contributed by atoms with van der Waals surface area (Å²) in [6.45, 7) is 4.02. The molecular weight excluding hydrogens is 343 g/mol. The Labute approximate surface area is 159 Å². The van der Waals surface area contributed by atoms with Crippen LogP contribution in [0.5, 0.6) is 0 Å². The van der Waals surface area contributed by atoms with Crippen molar-refractivity contribution >= 4 is 23.2 Å². The summed E-state index contributed by atoms with van der Waals surface area (Å²) in [7, 11) is 0. The average Bonchev–Trinajstić information content (AvgIpc) is 2.65. The summed E-state index contributed by atoms with van der Waals surface area (Å²) in [6.07, 6.45) is 2.67. The number of amides is 2. The SMILES string of the molecule is Cc1cccc(NC(=O)C2CCC(C(=O)Nc3cccc(F)c3)CC2)c1C. The first-order valence-corrected chi connectivity index (χ1v) is 9.37. The van der Waals surface area contributed by atoms with E-state index in [0.29, 0.717) is 31.4 Å². The summed E-state index contributed by atoms with van der Waals surface area (Å²) in [4.78, 5) is 25.0. The van der Waals surface area contributed by atoms with Crippen LogP contribution in [0.4, 0.5) is 15.8 Å². The summed E-state index contributed by atoms with van der Waals surface area (Å²) in [5.41, 5.74) is 3.54. The van der Waals surface area contributed by atoms with Gasteiger partial charge in [0.1, 0.15) is 5.82 Å². The molecule has 0 aromatic heterocycles. The number of hydrogen-bond acceptors (Lipinski definition) is 2. The molecule has 2 aromatic carbocycles. The van der Waals surface area contributed by atoms with Crippen molar-refractivity contribution in [2.45, 2.75) is 39.5 Å². The maximum absolute atomic E-state index is 13.2. The summed E-state index contributed by atoms with van der Waals surface area (Å²) in [5.74, 6) is -0.678. The normalized spacial score (nSPS) is 19.4. The van der Waals surface area contributed by atoms with E-state index < -0.39 is 0 Å². The molecule has 0 unspecified atom stereocenters. The van der Waals surface area contributed by atoms with Gasteiger partial charge >= 0.3 is 0 Å². The molecule has 2 aromatic rings. The van der Waals surface area contributed by atoms with Crippen LogP contribution in [0.3, 0.4) is 0 Å². The van der Waals surface area contributed by atoms with E-state index >= 15 is 0 Å². The van der Waals surface area contributed by atoms with E-state index in [9.17, 15) is 14.0 Å². The van der Waals surface area contributed by atoms with Crippen molar-refractivity contribution in [3.8, 4) is 0 Å². The van der Waals surface area contributed by atoms with Crippen LogP contribution in [0, 0.1) is 31.5 Å². The molecule has 3 rings (SSSR count). The molecule has 1 saturated carbocycles. The second-order valence-corrected chi connectivity index (χ2v) is 7.28. The van der Waals surface area contributed by atoms with Crippen LogP contribution < -0.4 is 10.6 Å². The zero-order valence-electron chi connectivity index (χ0n) is 15.7. The van der Waals surface area contributed by atoms with Crippen LogP contribution in [-0.2, 0) is 9.59 Å². The Morgan fingerprint density at radius 3 is 2.11 bits per heavy atom. The van der Waals surface area contributed by atoms with Gasteiger partial charge in [0.15, 0.2) is 0 Å². The molecule has 1 aliphatic rings. The Morgan fingerprint density at radius 2 is 1.48 bits per heavy atom. The van der Waals surface area contributed by atoms with Gasteiger partial charge in [-0.25, -0.2) is 4.39 Å². The minimum atomic E-state index is -0.375. The van der Waals surface area contributed by atoms with Gasteiger partial charge in [0.2, 0.25) is 11.8 Å². The third-order valence-corrected chi connectivity index (χ3v) is 5.42. The number of benzene rings is 2. The maximum atomic E-state index is 13.2. The highest BCUT2D eigenvalue weighted by Crippen LogP contribution is 2.31. The second-order valence-electron chi connectivity index (χ2n) is 7.28. The quantitative estimate of drug-likeness (QED) is 0.812. The molecule has 1 fully saturated rings. The first-order chi connectivity index (χ1) is 12.9. The van der Waals surface area contributed by atoms with Crippen LogP contribution in [0.2, 0.25) is 0 Å². The van der Waals surface area contributed by atoms with E-state index in [0.717, 1.165) is 16.8 Å². The van der Waals surface area contributed by atoms with Gasteiger partial charge in [0, 0.05) is 23.2 Å². The molecule has 4 nitrogen and oxygen atoms in total. The van der Waals surface area contributed by atoms with E-state index in [1.807, 2.05) is 32.0 Å². The highest BCUT2D eigenvalue weighted by Gasteiger charge is 2.30. The number of carbonyl (C=O) groups excluding carboxylic acids is 2. The number of carbonyl (C=O) groups is 2. The number of hydrogen-bond donors (Lipinski definition) is 2. The summed E-state index contributed by atoms with van der Waals surface area (Å²) < 4.78 is 13.2. The van der Waals surface area contributed by atoms with Crippen molar-refractivity contribution in [3.63, 3.8) is 0 Å². The van der Waals surface area contributed by atoms with E-state index in [1.165, 1.54) is 12.1 Å². The molecule has 27 heavy (non-hydrogen) atoms. The van der Waals surface area contributed by atoms with Crippen LogP contribution in [0.15, 0.2) is 42.5 Å². The van der Waals surface area contributed by atoms with Crippen molar-refractivity contribution in [1.82, 2.24) is 0 Å². The topological polar surface area (TPSA) is 58.2 Å². The van der Waals surface area contributed by atoms with E-state index in [2.05, 4.69) is 10.6 Å². The van der Waals surface area contributed by atoms with Gasteiger partial charge in [-0.3, -0.25) is 9.59 Å². The summed E-state index contributed by atoms with van der Waals surface area (Å²) >= 11 is 0. The van der Waals surface area contributed by atoms with Gasteiger partial charge in [-0.05, 0) is 74.9 Å². The highest BCUT2D eigenvalue weighted by molar-refractivity contribution is 5.95. The van der Waals surface area contributed by atoms with Gasteiger partial charge in [-0.2, -0.15) is 0 Å². The van der Waals surface area contributed by atoms with Crippen LogP contribution in [-0.4, -0.2) is 11.8 Å². The third kappa shape index (κ3) is 4.73. The van der Waals surface area contributed by atoms with Crippen molar-refractivity contribution < 1.29 is 14.0 Å². The molecular formula is C22H25FN2O2. The first-order valence-electron chi connectivity index (χ1n) is 9.37. The number of anilines is 2. The Balaban J connectivity index is 1.53. The Hall–Kier alpha value is -2.69. The average molecular weight is 368 g/mol. The smallest absolute Gasteiger partial charge is 0.227 e. The van der Waals surface area contributed by atoms with Crippen molar-refractivity contribution in [2.75, 3.05) is 10.6 Å². The van der Waals surface area contributed by atoms with E-state index in [-0.39, 0.29) is 29.5 Å². The lowest BCUT2D eigenvalue weighted by atomic mass is 9.81. The van der Waals surface area contributed by atoms with E-state index in [4.69, 9.17) is 0 Å². The molecule has 5 heteroatoms. The predicted octanol–water partition coefficient (Wildman–Crippen LogP) is 4.83. The Bertz CT molecular complexity index is 842. The highest BCUT2D eigenvalue weighted by atomic mass is 19.1. The minimum Gasteiger partial charge on any atom is -0.326 e. The molecule has 2 amide bonds. The Kier molecular flexibility index (Phi) is 5.89. The molecule has 0 heterocycles. The zero-order valence-corrected chi connectivity index (χ0v) is 15.7. The molecule has 0 bridgehead atoms. The lowest BCUT2D eigenvalue weighted by Gasteiger charge is -2.27. The van der Waals surface area contributed by atoms with Gasteiger partial charge < -0.3 is 10.6 Å². The molecule has 0 spiro atoms. The van der Waals surface area contributed by atoms with Crippen LogP contribution >= 0.6 is 0 Å². The summed E-state index contributed by atoms with van der Waals surface area (Å²) in [6, 6.07) is 11.8. The van der Waals surface area contributed by atoms with E-state index in [1.54, 1.807) is 12.1 Å². The van der Waals surface area contributed by atoms with Gasteiger partial charge in [-0.15, -0.1) is 0 Å². The standard InChI is InChI=1S/C22H25FN2O2/c1-14-5-3-8-20(15(14)2)25-22(27)17-11-9-16(10-12-17)21(26)24-19-7-4-6-18(23)13-19/h3-8,13,16-17H,9-12H2,1-2H3,(H,24,26)(H,25,27). The lowest BCUT2D eigenvalue weighted by Crippen LogP contribution is -2.32. The molecule has 0 aliphatic heterocycles. The predicted molar refractivity (Wildman–Crippen MR) is 105 cm³/mol. The molecule has 142 valence electrons. The lowest BCUT2D eigenvalue weighted by molar-refractivity contribution is -0.125. The van der Waals surface area contributed by atoms with Crippen molar-refractivity contribution in [3.05, 3.63) is 59.4 Å². The molecule has 1 aliphatic carbocycles. The number of rotatable bonds is 4. The third-order valence-electron chi connectivity index (χ3n) is 5.42. The van der Waals surface area contributed by atoms with Crippen molar-refractivity contribution in [2.24, 2.45) is 11.8 Å². The largest absolute Gasteiger partial charge is 0.326 e. The fourth-order valence-corrected chi connectivity index (χ4v) is 3.55.